The smallest absolute Gasteiger partial charge is 0.394 e. The molecule has 0 radical (unpaired) electrons. The fraction of sp³-hybridized carbons (Fsp3) is 0.375. The molecule has 2 aromatic rings. The van der Waals surface area contributed by atoms with Crippen molar-refractivity contribution in [3.05, 3.63) is 48.0 Å². The molecule has 1 amide bonds. The van der Waals surface area contributed by atoms with Crippen LogP contribution in [0.5, 0.6) is 11.5 Å². The maximum Gasteiger partial charge on any atom is 0.394 e. The highest BCUT2D eigenvalue weighted by Gasteiger charge is 2.23. The summed E-state index contributed by atoms with van der Waals surface area (Å²) in [6.45, 7) is 9.23. The molecule has 9 nitrogen and oxygen atoms in total. The van der Waals surface area contributed by atoms with Gasteiger partial charge in [-0.2, -0.15) is 8.78 Å². The molecular formula is C24H33F2N3O6. The molecule has 1 aliphatic heterocycles. The van der Waals surface area contributed by atoms with Gasteiger partial charge in [-0.1, -0.05) is 12.1 Å². The molecule has 3 rings (SSSR count). The van der Waals surface area contributed by atoms with E-state index >= 15 is 0 Å². The molecule has 194 valence electrons. The number of nitrogens with one attached hydrogen (secondary N) is 3. The Balaban J connectivity index is 0.000000975. The van der Waals surface area contributed by atoms with Gasteiger partial charge in [-0.3, -0.25) is 4.79 Å². The quantitative estimate of drug-likeness (QED) is 0.389. The van der Waals surface area contributed by atoms with Gasteiger partial charge in [-0.25, -0.2) is 0 Å². The molecule has 1 saturated heterocycles. The van der Waals surface area contributed by atoms with Crippen molar-refractivity contribution in [2.24, 2.45) is 0 Å². The summed E-state index contributed by atoms with van der Waals surface area (Å²) in [4.78, 5) is 26.5. The molecule has 1 fully saturated rings. The highest BCUT2D eigenvalue weighted by atomic mass is 19.3. The molecule has 35 heavy (non-hydrogen) atoms. The number of rotatable bonds is 9. The zero-order valence-electron chi connectivity index (χ0n) is 19.9. The van der Waals surface area contributed by atoms with Crippen molar-refractivity contribution in [1.29, 1.82) is 0 Å². The Morgan fingerprint density at radius 3 is 2.40 bits per heavy atom. The molecule has 0 spiro atoms. The Labute approximate surface area is 203 Å². The summed E-state index contributed by atoms with van der Waals surface area (Å²) in [7, 11) is 0. The minimum Gasteiger partial charge on any atom is -0.493 e. The van der Waals surface area contributed by atoms with Crippen LogP contribution in [0.4, 0.5) is 20.2 Å². The number of hydrogen-bond acceptors (Lipinski definition) is 8. The zero-order chi connectivity index (χ0) is 26.7. The van der Waals surface area contributed by atoms with E-state index < -0.39 is 6.11 Å². The van der Waals surface area contributed by atoms with E-state index in [-0.39, 0.29) is 11.9 Å². The van der Waals surface area contributed by atoms with Gasteiger partial charge in [0.1, 0.15) is 25.1 Å². The Morgan fingerprint density at radius 1 is 1.17 bits per heavy atom. The largest absolute Gasteiger partial charge is 0.493 e. The lowest BCUT2D eigenvalue weighted by atomic mass is 10.1. The number of amides is 1. The fourth-order valence-corrected chi connectivity index (χ4v) is 2.86. The summed E-state index contributed by atoms with van der Waals surface area (Å²) in [6, 6.07) is 11.7. The average molecular weight is 498 g/mol. The van der Waals surface area contributed by atoms with Crippen LogP contribution in [0.1, 0.15) is 25.8 Å². The van der Waals surface area contributed by atoms with Crippen molar-refractivity contribution in [2.45, 2.75) is 39.0 Å². The predicted molar refractivity (Wildman–Crippen MR) is 130 cm³/mol. The number of carbonyl (C=O) groups is 3. The highest BCUT2D eigenvalue weighted by Crippen LogP contribution is 2.27. The topological polar surface area (TPSA) is 126 Å². The van der Waals surface area contributed by atoms with Gasteiger partial charge in [-0.05, 0) is 38.1 Å². The number of β-amino-alcohol motifs (C(OH)–C–C–N with tert-alkyl or cyclic N) is 1. The number of ether oxygens (including phenoxy) is 2. The number of aliphatic hydroxyl groups excluding tert-OH is 1. The maximum absolute atomic E-state index is 12.9. The van der Waals surface area contributed by atoms with Crippen LogP contribution in [0, 0.1) is 0 Å². The van der Waals surface area contributed by atoms with E-state index in [1.165, 1.54) is 12.1 Å². The summed E-state index contributed by atoms with van der Waals surface area (Å²) < 4.78 is 36.0. The van der Waals surface area contributed by atoms with E-state index in [9.17, 15) is 13.6 Å². The number of aliphatic hydroxyl groups is 1. The van der Waals surface area contributed by atoms with Crippen LogP contribution in [0.2, 0.25) is 0 Å². The highest BCUT2D eigenvalue weighted by molar-refractivity contribution is 5.72. The molecule has 1 aliphatic rings. The lowest BCUT2D eigenvalue weighted by molar-refractivity contribution is -0.158. The van der Waals surface area contributed by atoms with Crippen LogP contribution < -0.4 is 25.4 Å². The van der Waals surface area contributed by atoms with Crippen molar-refractivity contribution in [1.82, 2.24) is 5.32 Å². The fourth-order valence-electron chi connectivity index (χ4n) is 2.86. The summed E-state index contributed by atoms with van der Waals surface area (Å²) in [5.74, 6) is 0.711. The van der Waals surface area contributed by atoms with Gasteiger partial charge in [-0.15, -0.1) is 0 Å². The third-order valence-corrected chi connectivity index (χ3v) is 4.24. The summed E-state index contributed by atoms with van der Waals surface area (Å²) in [5, 5.41) is 17.4. The summed E-state index contributed by atoms with van der Waals surface area (Å²) in [6.07, 6.45) is -1.77. The Kier molecular flexibility index (Phi) is 16.0. The van der Waals surface area contributed by atoms with Crippen molar-refractivity contribution in [3.8, 4) is 11.5 Å². The molecule has 0 unspecified atom stereocenters. The second kappa shape index (κ2) is 17.8. The van der Waals surface area contributed by atoms with Crippen molar-refractivity contribution in [2.75, 3.05) is 30.3 Å². The Bertz CT molecular complexity index is 859. The third-order valence-electron chi connectivity index (χ3n) is 4.24. The van der Waals surface area contributed by atoms with Crippen LogP contribution in [0.25, 0.3) is 0 Å². The maximum atomic E-state index is 12.9. The molecule has 0 saturated carbocycles. The van der Waals surface area contributed by atoms with Gasteiger partial charge in [0, 0.05) is 49.1 Å². The van der Waals surface area contributed by atoms with Crippen LogP contribution in [-0.2, 0) is 20.9 Å². The van der Waals surface area contributed by atoms with E-state index in [0.717, 1.165) is 25.1 Å². The van der Waals surface area contributed by atoms with E-state index in [1.54, 1.807) is 24.3 Å². The number of hydrogen-bond donors (Lipinski definition) is 4. The summed E-state index contributed by atoms with van der Waals surface area (Å²) >= 11 is 0. The van der Waals surface area contributed by atoms with Crippen LogP contribution in [0.15, 0.2) is 42.5 Å². The van der Waals surface area contributed by atoms with Gasteiger partial charge in [0.2, 0.25) is 6.41 Å². The van der Waals surface area contributed by atoms with Crippen molar-refractivity contribution in [3.63, 3.8) is 0 Å². The lowest BCUT2D eigenvalue weighted by Gasteiger charge is -2.15. The first-order valence-corrected chi connectivity index (χ1v) is 10.6. The zero-order valence-corrected chi connectivity index (χ0v) is 19.9. The van der Waals surface area contributed by atoms with E-state index in [4.69, 9.17) is 19.4 Å². The van der Waals surface area contributed by atoms with Gasteiger partial charge in [0.25, 0.3) is 0 Å². The lowest BCUT2D eigenvalue weighted by Crippen LogP contribution is -2.19. The molecule has 1 atom stereocenters. The third kappa shape index (κ3) is 13.7. The van der Waals surface area contributed by atoms with Gasteiger partial charge in [0.15, 0.2) is 0 Å². The molecule has 4 N–H and O–H groups in total. The Morgan fingerprint density at radius 2 is 1.89 bits per heavy atom. The molecule has 2 aromatic carbocycles. The number of alkyl halides is 2. The average Bonchev–Trinajstić information content (AvgIpc) is 3.32. The Hall–Kier alpha value is -3.57. The first-order chi connectivity index (χ1) is 16.8. The molecule has 0 bridgehead atoms. The first kappa shape index (κ1) is 31.4. The minimum absolute atomic E-state index is 0.0648. The van der Waals surface area contributed by atoms with Gasteiger partial charge in [0.05, 0.1) is 12.7 Å². The van der Waals surface area contributed by atoms with Crippen molar-refractivity contribution >= 4 is 31.4 Å². The second-order valence-corrected chi connectivity index (χ2v) is 6.96. The van der Waals surface area contributed by atoms with Crippen LogP contribution >= 0.6 is 0 Å². The van der Waals surface area contributed by atoms with Gasteiger partial charge < -0.3 is 40.1 Å². The summed E-state index contributed by atoms with van der Waals surface area (Å²) in [5.41, 5.74) is 2.13. The number of carbonyl (C=O) groups excluding carboxylic acids is 3. The number of benzene rings is 2. The molecule has 0 aromatic heterocycles. The first-order valence-electron chi connectivity index (χ1n) is 10.6. The van der Waals surface area contributed by atoms with Crippen molar-refractivity contribution < 1.29 is 37.7 Å². The standard InChI is InChI=1S/C18H20F2N2O3.C4H9NO.2CH2O/c1-3-24-17-10-15(22-12-23)8-7-13(17)11-21-14-5-4-6-16(9-14)25-18(2,19)20;6-4-1-2-5-3-4;2*1-2/h4-10,12,21H,3,11H2,1-2H3,(H,22,23);4-6H,1-3H2;2*1H2/t;4-;;/m.1../s1. The number of halogens is 2. The minimum atomic E-state index is -3.23. The predicted octanol–water partition coefficient (Wildman–Crippen LogP) is 3.23. The normalized spacial score (nSPS) is 13.9. The van der Waals surface area contributed by atoms with Gasteiger partial charge >= 0.3 is 6.11 Å². The SMILES string of the molecule is C=O.C=O.CCOc1cc(NC=O)ccc1CNc1cccc(OC(C)(F)F)c1.O[C@@H]1CCNC1. The molecular weight excluding hydrogens is 464 g/mol. The number of anilines is 2. The van der Waals surface area contributed by atoms with Crippen LogP contribution in [-0.4, -0.2) is 57.0 Å². The molecule has 1 heterocycles. The van der Waals surface area contributed by atoms with E-state index in [1.807, 2.05) is 26.6 Å². The molecule has 11 heteroatoms. The monoisotopic (exact) mass is 497 g/mol. The van der Waals surface area contributed by atoms with E-state index in [2.05, 4.69) is 20.7 Å². The molecule has 0 aliphatic carbocycles. The van der Waals surface area contributed by atoms with E-state index in [0.29, 0.717) is 43.6 Å². The second-order valence-electron chi connectivity index (χ2n) is 6.96. The van der Waals surface area contributed by atoms with Crippen LogP contribution in [0.3, 0.4) is 0 Å².